The zero-order valence-corrected chi connectivity index (χ0v) is 13.3. The van der Waals surface area contributed by atoms with Gasteiger partial charge in [0.05, 0.1) is 6.26 Å². The maximum Gasteiger partial charge on any atom is 0.374 e. The van der Waals surface area contributed by atoms with E-state index in [2.05, 4.69) is 5.32 Å². The Morgan fingerprint density at radius 3 is 2.64 bits per heavy atom. The third-order valence-electron chi connectivity index (χ3n) is 3.90. The van der Waals surface area contributed by atoms with E-state index in [1.165, 1.54) is 18.8 Å². The van der Waals surface area contributed by atoms with Gasteiger partial charge in [-0.15, -0.1) is 0 Å². The third kappa shape index (κ3) is 4.90. The number of furan rings is 1. The van der Waals surface area contributed by atoms with Crippen molar-refractivity contribution >= 4 is 11.9 Å². The minimum Gasteiger partial charge on any atom is -0.457 e. The number of nitrogens with one attached hydrogen (secondary N) is 1. The monoisotopic (exact) mass is 307 g/mol. The summed E-state index contributed by atoms with van der Waals surface area (Å²) in [5.41, 5.74) is 0. The summed E-state index contributed by atoms with van der Waals surface area (Å²) >= 11 is 0. The Labute approximate surface area is 131 Å². The van der Waals surface area contributed by atoms with Gasteiger partial charge in [-0.2, -0.15) is 0 Å². The SMILES string of the molecule is CC(C)C[C@H](OC(=O)c1ccco1)C(=O)NC1CCCCC1. The van der Waals surface area contributed by atoms with Crippen molar-refractivity contribution in [1.82, 2.24) is 5.32 Å². The highest BCUT2D eigenvalue weighted by molar-refractivity contribution is 5.90. The summed E-state index contributed by atoms with van der Waals surface area (Å²) in [4.78, 5) is 24.4. The number of amides is 1. The highest BCUT2D eigenvalue weighted by atomic mass is 16.6. The first-order valence-electron chi connectivity index (χ1n) is 8.11. The van der Waals surface area contributed by atoms with Crippen LogP contribution in [0, 0.1) is 5.92 Å². The van der Waals surface area contributed by atoms with Gasteiger partial charge >= 0.3 is 5.97 Å². The summed E-state index contributed by atoms with van der Waals surface area (Å²) in [5, 5.41) is 3.03. The van der Waals surface area contributed by atoms with Gasteiger partial charge in [0.2, 0.25) is 5.76 Å². The number of carbonyl (C=O) groups is 2. The van der Waals surface area contributed by atoms with E-state index < -0.39 is 12.1 Å². The number of ether oxygens (including phenoxy) is 1. The Balaban J connectivity index is 1.95. The first-order chi connectivity index (χ1) is 10.6. The summed E-state index contributed by atoms with van der Waals surface area (Å²) in [6.07, 6.45) is 6.69. The van der Waals surface area contributed by atoms with E-state index in [1.807, 2.05) is 13.8 Å². The van der Waals surface area contributed by atoms with Crippen molar-refractivity contribution in [3.05, 3.63) is 24.2 Å². The molecule has 5 heteroatoms. The molecule has 1 aromatic rings. The normalized spacial score (nSPS) is 17.2. The van der Waals surface area contributed by atoms with Crippen LogP contribution in [0.25, 0.3) is 0 Å². The number of carbonyl (C=O) groups excluding carboxylic acids is 2. The Kier molecular flexibility index (Phi) is 6.04. The fraction of sp³-hybridized carbons (Fsp3) is 0.647. The lowest BCUT2D eigenvalue weighted by Crippen LogP contribution is -2.44. The third-order valence-corrected chi connectivity index (χ3v) is 3.90. The Morgan fingerprint density at radius 1 is 1.32 bits per heavy atom. The molecular weight excluding hydrogens is 282 g/mol. The minimum absolute atomic E-state index is 0.124. The average molecular weight is 307 g/mol. The lowest BCUT2D eigenvalue weighted by atomic mass is 9.95. The second-order valence-electron chi connectivity index (χ2n) is 6.34. The molecule has 1 aliphatic rings. The zero-order valence-electron chi connectivity index (χ0n) is 13.3. The highest BCUT2D eigenvalue weighted by Crippen LogP contribution is 2.19. The van der Waals surface area contributed by atoms with Crippen LogP contribution in [-0.2, 0) is 9.53 Å². The van der Waals surface area contributed by atoms with Crippen LogP contribution < -0.4 is 5.32 Å². The van der Waals surface area contributed by atoms with Gasteiger partial charge in [-0.05, 0) is 37.3 Å². The molecule has 0 bridgehead atoms. The van der Waals surface area contributed by atoms with Crippen LogP contribution in [0.5, 0.6) is 0 Å². The molecule has 0 aliphatic heterocycles. The lowest BCUT2D eigenvalue weighted by molar-refractivity contribution is -0.131. The molecule has 122 valence electrons. The maximum absolute atomic E-state index is 12.4. The van der Waals surface area contributed by atoms with Crippen molar-refractivity contribution in [1.29, 1.82) is 0 Å². The lowest BCUT2D eigenvalue weighted by Gasteiger charge is -2.26. The predicted octanol–water partition coefficient (Wildman–Crippen LogP) is 3.30. The van der Waals surface area contributed by atoms with E-state index in [9.17, 15) is 9.59 Å². The molecule has 0 spiro atoms. The molecule has 1 fully saturated rings. The van der Waals surface area contributed by atoms with Crippen molar-refractivity contribution in [2.24, 2.45) is 5.92 Å². The van der Waals surface area contributed by atoms with E-state index >= 15 is 0 Å². The Morgan fingerprint density at radius 2 is 2.05 bits per heavy atom. The zero-order chi connectivity index (χ0) is 15.9. The van der Waals surface area contributed by atoms with E-state index in [4.69, 9.17) is 9.15 Å². The van der Waals surface area contributed by atoms with Crippen LogP contribution in [0.1, 0.15) is 62.9 Å². The molecule has 1 aromatic heterocycles. The van der Waals surface area contributed by atoms with Crippen molar-refractivity contribution in [2.45, 2.75) is 64.5 Å². The second-order valence-corrected chi connectivity index (χ2v) is 6.34. The molecule has 1 heterocycles. The fourth-order valence-corrected chi connectivity index (χ4v) is 2.76. The molecule has 0 saturated heterocycles. The van der Waals surface area contributed by atoms with Crippen LogP contribution in [-0.4, -0.2) is 24.0 Å². The van der Waals surface area contributed by atoms with Crippen LogP contribution in [0.2, 0.25) is 0 Å². The predicted molar refractivity (Wildman–Crippen MR) is 82.4 cm³/mol. The van der Waals surface area contributed by atoms with Gasteiger partial charge in [-0.1, -0.05) is 33.1 Å². The summed E-state index contributed by atoms with van der Waals surface area (Å²) in [7, 11) is 0. The number of hydrogen-bond donors (Lipinski definition) is 1. The van der Waals surface area contributed by atoms with Gasteiger partial charge in [-0.25, -0.2) is 4.79 Å². The Hall–Kier alpha value is -1.78. The number of esters is 1. The average Bonchev–Trinajstić information content (AvgIpc) is 3.01. The molecule has 0 unspecified atom stereocenters. The quantitative estimate of drug-likeness (QED) is 0.819. The standard InChI is InChI=1S/C17H25NO4/c1-12(2)11-15(22-17(20)14-9-6-10-21-14)16(19)18-13-7-4-3-5-8-13/h6,9-10,12-13,15H,3-5,7-8,11H2,1-2H3,(H,18,19)/t15-/m0/s1. The molecule has 1 amide bonds. The molecule has 1 atom stereocenters. The number of hydrogen-bond acceptors (Lipinski definition) is 4. The highest BCUT2D eigenvalue weighted by Gasteiger charge is 2.27. The molecule has 1 saturated carbocycles. The maximum atomic E-state index is 12.4. The number of rotatable bonds is 6. The summed E-state index contributed by atoms with van der Waals surface area (Å²) in [6.45, 7) is 4.00. The van der Waals surface area contributed by atoms with E-state index in [0.717, 1.165) is 25.7 Å². The Bertz CT molecular complexity index is 475. The molecule has 1 aliphatic carbocycles. The van der Waals surface area contributed by atoms with Crippen molar-refractivity contribution in [3.63, 3.8) is 0 Å². The molecule has 1 N–H and O–H groups in total. The van der Waals surface area contributed by atoms with Crippen LogP contribution in [0.3, 0.4) is 0 Å². The van der Waals surface area contributed by atoms with Crippen LogP contribution in [0.4, 0.5) is 0 Å². The largest absolute Gasteiger partial charge is 0.457 e. The van der Waals surface area contributed by atoms with Gasteiger partial charge < -0.3 is 14.5 Å². The van der Waals surface area contributed by atoms with Crippen molar-refractivity contribution in [2.75, 3.05) is 0 Å². The first kappa shape index (κ1) is 16.6. The molecule has 0 aromatic carbocycles. The molecule has 22 heavy (non-hydrogen) atoms. The topological polar surface area (TPSA) is 68.5 Å². The second kappa shape index (κ2) is 8.01. The van der Waals surface area contributed by atoms with Gasteiger partial charge in [0.15, 0.2) is 6.10 Å². The summed E-state index contributed by atoms with van der Waals surface area (Å²) < 4.78 is 10.4. The summed E-state index contributed by atoms with van der Waals surface area (Å²) in [6, 6.07) is 3.36. The fourth-order valence-electron chi connectivity index (χ4n) is 2.76. The van der Waals surface area contributed by atoms with Crippen molar-refractivity contribution < 1.29 is 18.7 Å². The first-order valence-corrected chi connectivity index (χ1v) is 8.11. The molecule has 2 rings (SSSR count). The van der Waals surface area contributed by atoms with E-state index in [1.54, 1.807) is 6.07 Å². The summed E-state index contributed by atoms with van der Waals surface area (Å²) in [5.74, 6) is -0.402. The van der Waals surface area contributed by atoms with Crippen LogP contribution in [0.15, 0.2) is 22.8 Å². The van der Waals surface area contributed by atoms with Gasteiger partial charge in [-0.3, -0.25) is 4.79 Å². The van der Waals surface area contributed by atoms with Gasteiger partial charge in [0, 0.05) is 6.04 Å². The van der Waals surface area contributed by atoms with E-state index in [-0.39, 0.29) is 23.6 Å². The van der Waals surface area contributed by atoms with Gasteiger partial charge in [0.1, 0.15) is 0 Å². The van der Waals surface area contributed by atoms with Crippen LogP contribution >= 0.6 is 0 Å². The van der Waals surface area contributed by atoms with Crippen molar-refractivity contribution in [3.8, 4) is 0 Å². The molecule has 0 radical (unpaired) electrons. The van der Waals surface area contributed by atoms with E-state index in [0.29, 0.717) is 6.42 Å². The molecular formula is C17H25NO4. The minimum atomic E-state index is -0.764. The molecule has 5 nitrogen and oxygen atoms in total. The smallest absolute Gasteiger partial charge is 0.374 e. The van der Waals surface area contributed by atoms with Gasteiger partial charge in [0.25, 0.3) is 5.91 Å².